The van der Waals surface area contributed by atoms with Crippen molar-refractivity contribution in [1.82, 2.24) is 20.2 Å². The fraction of sp³-hybridized carbons (Fsp3) is 0.400. The highest BCUT2D eigenvalue weighted by molar-refractivity contribution is 8.00. The quantitative estimate of drug-likeness (QED) is 0.417. The van der Waals surface area contributed by atoms with Gasteiger partial charge in [-0.3, -0.25) is 9.59 Å². The number of aromatic nitrogens is 2. The minimum Gasteiger partial charge on any atom is -0.350 e. The number of hydrogen-bond acceptors (Lipinski definition) is 7. The molecule has 3 aromatic heterocycles. The maximum absolute atomic E-state index is 12.7. The molecule has 0 unspecified atom stereocenters. The molecule has 3 rings (SSSR count). The molecule has 0 saturated heterocycles. The fourth-order valence-electron chi connectivity index (χ4n) is 2.84. The maximum atomic E-state index is 12.7. The first kappa shape index (κ1) is 21.7. The van der Waals surface area contributed by atoms with Crippen molar-refractivity contribution in [2.45, 2.75) is 39.3 Å². The van der Waals surface area contributed by atoms with Crippen LogP contribution in [0.1, 0.15) is 28.1 Å². The number of nitrogens with zero attached hydrogens (tertiary/aromatic N) is 3. The Hall–Kier alpha value is -1.97. The van der Waals surface area contributed by atoms with Crippen LogP contribution in [0.25, 0.3) is 10.2 Å². The van der Waals surface area contributed by atoms with Crippen molar-refractivity contribution in [2.75, 3.05) is 18.8 Å². The second-order valence-electron chi connectivity index (χ2n) is 6.59. The molecule has 0 aliphatic carbocycles. The lowest BCUT2D eigenvalue weighted by atomic mass is 10.2. The van der Waals surface area contributed by atoms with Crippen LogP contribution in [0.15, 0.2) is 22.5 Å². The molecular formula is C20H24N4O2S3. The Bertz CT molecular complexity index is 1010. The second kappa shape index (κ2) is 9.69. The first-order valence-corrected chi connectivity index (χ1v) is 12.0. The van der Waals surface area contributed by atoms with Gasteiger partial charge in [-0.15, -0.1) is 22.7 Å². The standard InChI is InChI=1S/C20H24N4O2S3/c1-5-24(10-16(25)21-9-15-7-6-8-27-15)17(26)11-28-19-18-12(2)13(3)29-20(18)23-14(4)22-19/h6-8H,5,9-11H2,1-4H3,(H,21,25). The topological polar surface area (TPSA) is 75.2 Å². The number of likely N-dealkylation sites (N-methyl/N-ethyl adjacent to an activating group) is 1. The average Bonchev–Trinajstić information content (AvgIpc) is 3.30. The van der Waals surface area contributed by atoms with E-state index in [2.05, 4.69) is 29.1 Å². The lowest BCUT2D eigenvalue weighted by molar-refractivity contribution is -0.133. The van der Waals surface area contributed by atoms with Crippen molar-refractivity contribution in [3.63, 3.8) is 0 Å². The first-order chi connectivity index (χ1) is 13.9. The normalized spacial score (nSPS) is 11.0. The van der Waals surface area contributed by atoms with Crippen molar-refractivity contribution in [3.05, 3.63) is 38.7 Å². The number of hydrogen-bond donors (Lipinski definition) is 1. The summed E-state index contributed by atoms with van der Waals surface area (Å²) >= 11 is 4.67. The van der Waals surface area contributed by atoms with E-state index in [1.165, 1.54) is 22.2 Å². The summed E-state index contributed by atoms with van der Waals surface area (Å²) in [5.41, 5.74) is 1.17. The van der Waals surface area contributed by atoms with Gasteiger partial charge in [0.15, 0.2) is 0 Å². The number of thioether (sulfide) groups is 1. The summed E-state index contributed by atoms with van der Waals surface area (Å²) in [6.07, 6.45) is 0. The zero-order chi connectivity index (χ0) is 21.0. The summed E-state index contributed by atoms with van der Waals surface area (Å²) in [5, 5.41) is 6.72. The van der Waals surface area contributed by atoms with Crippen molar-refractivity contribution in [2.24, 2.45) is 0 Å². The summed E-state index contributed by atoms with van der Waals surface area (Å²) in [6, 6.07) is 3.93. The van der Waals surface area contributed by atoms with Crippen LogP contribution >= 0.6 is 34.4 Å². The van der Waals surface area contributed by atoms with Gasteiger partial charge in [0.05, 0.1) is 18.8 Å². The number of fused-ring (bicyclic) bond motifs is 1. The zero-order valence-corrected chi connectivity index (χ0v) is 19.4. The minimum absolute atomic E-state index is 0.0655. The van der Waals surface area contributed by atoms with Crippen molar-refractivity contribution < 1.29 is 9.59 Å². The molecular weight excluding hydrogens is 424 g/mol. The molecule has 29 heavy (non-hydrogen) atoms. The lowest BCUT2D eigenvalue weighted by Gasteiger charge is -2.20. The number of amides is 2. The molecule has 0 atom stereocenters. The number of aryl methyl sites for hydroxylation is 3. The Labute approximate surface area is 182 Å². The summed E-state index contributed by atoms with van der Waals surface area (Å²) in [4.78, 5) is 38.9. The van der Waals surface area contributed by atoms with Gasteiger partial charge in [0.25, 0.3) is 0 Å². The fourth-order valence-corrected chi connectivity index (χ4v) is 5.66. The van der Waals surface area contributed by atoms with E-state index in [0.717, 1.165) is 20.1 Å². The van der Waals surface area contributed by atoms with Crippen LogP contribution in [-0.2, 0) is 16.1 Å². The van der Waals surface area contributed by atoms with Gasteiger partial charge in [-0.1, -0.05) is 17.8 Å². The smallest absolute Gasteiger partial charge is 0.239 e. The van der Waals surface area contributed by atoms with Crippen LogP contribution in [0.2, 0.25) is 0 Å². The van der Waals surface area contributed by atoms with E-state index in [0.29, 0.717) is 18.9 Å². The maximum Gasteiger partial charge on any atom is 0.239 e. The summed E-state index contributed by atoms with van der Waals surface area (Å²) in [7, 11) is 0. The van der Waals surface area contributed by atoms with Gasteiger partial charge >= 0.3 is 0 Å². The highest BCUT2D eigenvalue weighted by Gasteiger charge is 2.19. The van der Waals surface area contributed by atoms with E-state index in [-0.39, 0.29) is 24.1 Å². The SMILES string of the molecule is CCN(CC(=O)NCc1cccs1)C(=O)CSc1nc(C)nc2sc(C)c(C)c12. The van der Waals surface area contributed by atoms with Gasteiger partial charge < -0.3 is 10.2 Å². The Balaban J connectivity index is 1.61. The van der Waals surface area contributed by atoms with E-state index in [9.17, 15) is 9.59 Å². The molecule has 3 aromatic rings. The van der Waals surface area contributed by atoms with Gasteiger partial charge in [0, 0.05) is 21.7 Å². The monoisotopic (exact) mass is 448 g/mol. The lowest BCUT2D eigenvalue weighted by Crippen LogP contribution is -2.41. The Kier molecular flexibility index (Phi) is 7.26. The third-order valence-corrected chi connectivity index (χ3v) is 7.49. The number of nitrogens with one attached hydrogen (secondary N) is 1. The molecule has 154 valence electrons. The van der Waals surface area contributed by atoms with Crippen molar-refractivity contribution in [3.8, 4) is 0 Å². The highest BCUT2D eigenvalue weighted by atomic mass is 32.2. The van der Waals surface area contributed by atoms with Gasteiger partial charge in [0.2, 0.25) is 11.8 Å². The predicted molar refractivity (Wildman–Crippen MR) is 121 cm³/mol. The van der Waals surface area contributed by atoms with E-state index in [1.54, 1.807) is 27.6 Å². The Morgan fingerprint density at radius 2 is 2.03 bits per heavy atom. The van der Waals surface area contributed by atoms with Gasteiger partial charge in [-0.25, -0.2) is 9.97 Å². The average molecular weight is 449 g/mol. The van der Waals surface area contributed by atoms with Crippen LogP contribution in [0.5, 0.6) is 0 Å². The molecule has 9 heteroatoms. The summed E-state index contributed by atoms with van der Waals surface area (Å²) < 4.78 is 0. The molecule has 1 N–H and O–H groups in total. The van der Waals surface area contributed by atoms with E-state index < -0.39 is 0 Å². The molecule has 0 aromatic carbocycles. The minimum atomic E-state index is -0.150. The van der Waals surface area contributed by atoms with Crippen molar-refractivity contribution >= 4 is 56.5 Å². The van der Waals surface area contributed by atoms with Gasteiger partial charge in [0.1, 0.15) is 15.7 Å². The van der Waals surface area contributed by atoms with Crippen LogP contribution < -0.4 is 5.32 Å². The molecule has 0 aliphatic rings. The number of thiophene rings is 2. The number of carbonyl (C=O) groups is 2. The third kappa shape index (κ3) is 5.34. The zero-order valence-electron chi connectivity index (χ0n) is 16.9. The van der Waals surface area contributed by atoms with Crippen LogP contribution in [0, 0.1) is 20.8 Å². The molecule has 2 amide bonds. The van der Waals surface area contributed by atoms with Crippen LogP contribution in [0.4, 0.5) is 0 Å². The molecule has 0 fully saturated rings. The van der Waals surface area contributed by atoms with E-state index in [4.69, 9.17) is 0 Å². The molecule has 0 bridgehead atoms. The molecule has 0 saturated carbocycles. The number of carbonyl (C=O) groups excluding carboxylic acids is 2. The van der Waals surface area contributed by atoms with Gasteiger partial charge in [-0.05, 0) is 44.7 Å². The summed E-state index contributed by atoms with van der Waals surface area (Å²) in [5.74, 6) is 0.723. The molecule has 0 spiro atoms. The number of rotatable bonds is 8. The van der Waals surface area contributed by atoms with Gasteiger partial charge in [-0.2, -0.15) is 0 Å². The van der Waals surface area contributed by atoms with E-state index >= 15 is 0 Å². The molecule has 0 radical (unpaired) electrons. The van der Waals surface area contributed by atoms with E-state index in [1.807, 2.05) is 31.4 Å². The third-order valence-electron chi connectivity index (χ3n) is 4.55. The Morgan fingerprint density at radius 1 is 1.24 bits per heavy atom. The van der Waals surface area contributed by atoms with Crippen LogP contribution in [0.3, 0.4) is 0 Å². The van der Waals surface area contributed by atoms with Crippen molar-refractivity contribution in [1.29, 1.82) is 0 Å². The van der Waals surface area contributed by atoms with Crippen LogP contribution in [-0.4, -0.2) is 45.5 Å². The highest BCUT2D eigenvalue weighted by Crippen LogP contribution is 2.35. The predicted octanol–water partition coefficient (Wildman–Crippen LogP) is 3.94. The summed E-state index contributed by atoms with van der Waals surface area (Å²) in [6.45, 7) is 8.93. The molecule has 0 aliphatic heterocycles. The molecule has 6 nitrogen and oxygen atoms in total. The Morgan fingerprint density at radius 3 is 2.72 bits per heavy atom. The largest absolute Gasteiger partial charge is 0.350 e. The second-order valence-corrected chi connectivity index (χ2v) is 9.79. The first-order valence-electron chi connectivity index (χ1n) is 9.33. The molecule has 3 heterocycles.